The van der Waals surface area contributed by atoms with Crippen LogP contribution in [0.5, 0.6) is 11.5 Å². The monoisotopic (exact) mass is 437 g/mol. The molecular formula is C14H8Br2F3NO2. The number of halogens is 5. The van der Waals surface area contributed by atoms with Gasteiger partial charge in [-0.15, -0.1) is 13.2 Å². The molecule has 0 aliphatic heterocycles. The normalized spacial score (nSPS) is 11.9. The number of phenolic OH excluding ortho intramolecular Hbond substituents is 1. The van der Waals surface area contributed by atoms with E-state index < -0.39 is 6.36 Å². The van der Waals surface area contributed by atoms with Crippen LogP contribution in [0.1, 0.15) is 5.56 Å². The molecule has 2 aromatic rings. The first-order valence-electron chi connectivity index (χ1n) is 5.82. The van der Waals surface area contributed by atoms with E-state index in [-0.39, 0.29) is 11.5 Å². The van der Waals surface area contributed by atoms with Crippen molar-refractivity contribution in [1.29, 1.82) is 0 Å². The molecule has 1 N–H and O–H groups in total. The Hall–Kier alpha value is -1.54. The van der Waals surface area contributed by atoms with Crippen molar-refractivity contribution in [2.24, 2.45) is 4.99 Å². The largest absolute Gasteiger partial charge is 0.573 e. The molecule has 0 heterocycles. The van der Waals surface area contributed by atoms with Crippen LogP contribution in [0, 0.1) is 0 Å². The first kappa shape index (κ1) is 16.8. The fourth-order valence-corrected chi connectivity index (χ4v) is 2.82. The van der Waals surface area contributed by atoms with E-state index in [4.69, 9.17) is 0 Å². The Morgan fingerprint density at radius 3 is 2.32 bits per heavy atom. The van der Waals surface area contributed by atoms with Crippen molar-refractivity contribution in [2.75, 3.05) is 0 Å². The van der Waals surface area contributed by atoms with E-state index in [1.807, 2.05) is 0 Å². The van der Waals surface area contributed by atoms with Gasteiger partial charge in [0.1, 0.15) is 11.5 Å². The van der Waals surface area contributed by atoms with Gasteiger partial charge in [0.25, 0.3) is 0 Å². The standard InChI is InChI=1S/C14H8Br2F3NO2/c15-9-5-8(13(21)12(16)6-9)7-20-10-1-3-11(4-2-10)22-14(17,18)19/h1-7,21H. The number of alkyl halides is 3. The Morgan fingerprint density at radius 1 is 1.09 bits per heavy atom. The molecule has 0 fully saturated rings. The second-order valence-corrected chi connectivity index (χ2v) is 5.90. The third-order valence-corrected chi connectivity index (χ3v) is 3.54. The summed E-state index contributed by atoms with van der Waals surface area (Å²) >= 11 is 6.48. The Labute approximate surface area is 140 Å². The third-order valence-electron chi connectivity index (χ3n) is 2.48. The quantitative estimate of drug-likeness (QED) is 0.637. The molecule has 0 saturated heterocycles. The van der Waals surface area contributed by atoms with Crippen molar-refractivity contribution in [1.82, 2.24) is 0 Å². The zero-order valence-electron chi connectivity index (χ0n) is 10.7. The Bertz CT molecular complexity index is 700. The summed E-state index contributed by atoms with van der Waals surface area (Å²) in [5.74, 6) is -0.302. The SMILES string of the molecule is Oc1c(Br)cc(Br)cc1C=Nc1ccc(OC(F)(F)F)cc1. The number of benzene rings is 2. The Morgan fingerprint density at radius 2 is 1.73 bits per heavy atom. The number of aromatic hydroxyl groups is 1. The van der Waals surface area contributed by atoms with Crippen molar-refractivity contribution in [3.05, 3.63) is 50.9 Å². The zero-order chi connectivity index (χ0) is 16.3. The predicted molar refractivity (Wildman–Crippen MR) is 83.9 cm³/mol. The Kier molecular flexibility index (Phi) is 5.12. The highest BCUT2D eigenvalue weighted by Gasteiger charge is 2.30. The molecule has 0 radical (unpaired) electrons. The lowest BCUT2D eigenvalue weighted by Crippen LogP contribution is -2.16. The van der Waals surface area contributed by atoms with Crippen molar-refractivity contribution < 1.29 is 23.0 Å². The zero-order valence-corrected chi connectivity index (χ0v) is 13.9. The van der Waals surface area contributed by atoms with Gasteiger partial charge >= 0.3 is 6.36 Å². The molecule has 2 rings (SSSR count). The minimum Gasteiger partial charge on any atom is -0.506 e. The summed E-state index contributed by atoms with van der Waals surface area (Å²) in [6.45, 7) is 0. The minimum absolute atomic E-state index is 0.0176. The minimum atomic E-state index is -4.72. The van der Waals surface area contributed by atoms with Crippen molar-refractivity contribution in [3.8, 4) is 11.5 Å². The highest BCUT2D eigenvalue weighted by Crippen LogP contribution is 2.31. The highest BCUT2D eigenvalue weighted by molar-refractivity contribution is 9.11. The van der Waals surface area contributed by atoms with E-state index in [1.54, 1.807) is 12.1 Å². The number of rotatable bonds is 3. The summed E-state index contributed by atoms with van der Waals surface area (Å²) in [6.07, 6.45) is -3.32. The van der Waals surface area contributed by atoms with Gasteiger partial charge in [0, 0.05) is 16.3 Å². The molecular weight excluding hydrogens is 431 g/mol. The van der Waals surface area contributed by atoms with Crippen molar-refractivity contribution in [2.45, 2.75) is 6.36 Å². The van der Waals surface area contributed by atoms with Gasteiger partial charge in [-0.3, -0.25) is 4.99 Å². The molecule has 0 aliphatic carbocycles. The van der Waals surface area contributed by atoms with Gasteiger partial charge in [0.05, 0.1) is 10.2 Å². The summed E-state index contributed by atoms with van der Waals surface area (Å²) in [6, 6.07) is 8.41. The van der Waals surface area contributed by atoms with Crippen LogP contribution >= 0.6 is 31.9 Å². The molecule has 0 saturated carbocycles. The van der Waals surface area contributed by atoms with Crippen LogP contribution in [-0.2, 0) is 0 Å². The lowest BCUT2D eigenvalue weighted by molar-refractivity contribution is -0.274. The third kappa shape index (κ3) is 4.74. The molecule has 22 heavy (non-hydrogen) atoms. The molecule has 2 aromatic carbocycles. The van der Waals surface area contributed by atoms with Crippen LogP contribution < -0.4 is 4.74 Å². The average molecular weight is 439 g/mol. The summed E-state index contributed by atoms with van der Waals surface area (Å²) in [5, 5.41) is 9.87. The van der Waals surface area contributed by atoms with Gasteiger partial charge in [-0.1, -0.05) is 15.9 Å². The smallest absolute Gasteiger partial charge is 0.506 e. The van der Waals surface area contributed by atoms with E-state index in [9.17, 15) is 18.3 Å². The van der Waals surface area contributed by atoms with E-state index in [2.05, 4.69) is 41.6 Å². The first-order chi connectivity index (χ1) is 10.2. The maximum Gasteiger partial charge on any atom is 0.573 e. The summed E-state index contributed by atoms with van der Waals surface area (Å²) in [7, 11) is 0. The van der Waals surface area contributed by atoms with Crippen LogP contribution in [0.4, 0.5) is 18.9 Å². The second kappa shape index (κ2) is 6.70. The van der Waals surface area contributed by atoms with Gasteiger partial charge in [-0.2, -0.15) is 0 Å². The molecule has 116 valence electrons. The highest BCUT2D eigenvalue weighted by atomic mass is 79.9. The van der Waals surface area contributed by atoms with Crippen LogP contribution in [-0.4, -0.2) is 17.7 Å². The summed E-state index contributed by atoms with van der Waals surface area (Å²) in [5.41, 5.74) is 0.877. The number of ether oxygens (including phenoxy) is 1. The second-order valence-electron chi connectivity index (χ2n) is 4.13. The van der Waals surface area contributed by atoms with Gasteiger partial charge < -0.3 is 9.84 Å². The number of nitrogens with zero attached hydrogens (tertiary/aromatic N) is 1. The van der Waals surface area contributed by atoms with Crippen molar-refractivity contribution >= 4 is 43.8 Å². The van der Waals surface area contributed by atoms with Crippen molar-refractivity contribution in [3.63, 3.8) is 0 Å². The molecule has 0 atom stereocenters. The van der Waals surface area contributed by atoms with E-state index >= 15 is 0 Å². The summed E-state index contributed by atoms with van der Waals surface area (Å²) in [4.78, 5) is 4.09. The van der Waals surface area contributed by atoms with Gasteiger partial charge in [-0.05, 0) is 52.3 Å². The molecule has 0 aliphatic rings. The number of phenols is 1. The molecule has 0 aromatic heterocycles. The van der Waals surface area contributed by atoms with Crippen LogP contribution in [0.3, 0.4) is 0 Å². The molecule has 3 nitrogen and oxygen atoms in total. The average Bonchev–Trinajstić information content (AvgIpc) is 2.41. The lowest BCUT2D eigenvalue weighted by Gasteiger charge is -2.08. The number of hydrogen-bond acceptors (Lipinski definition) is 3. The van der Waals surface area contributed by atoms with Crippen LogP contribution in [0.15, 0.2) is 50.3 Å². The molecule has 0 spiro atoms. The maximum absolute atomic E-state index is 12.0. The Balaban J connectivity index is 2.17. The molecule has 8 heteroatoms. The predicted octanol–water partition coefficient (Wildman–Crippen LogP) is 5.57. The van der Waals surface area contributed by atoms with Gasteiger partial charge in [0.15, 0.2) is 0 Å². The maximum atomic E-state index is 12.0. The molecule has 0 bridgehead atoms. The van der Waals surface area contributed by atoms with E-state index in [0.29, 0.717) is 15.7 Å². The fraction of sp³-hybridized carbons (Fsp3) is 0.0714. The van der Waals surface area contributed by atoms with Gasteiger partial charge in [-0.25, -0.2) is 0 Å². The van der Waals surface area contributed by atoms with Crippen LogP contribution in [0.25, 0.3) is 0 Å². The van der Waals surface area contributed by atoms with E-state index in [0.717, 1.165) is 16.6 Å². The van der Waals surface area contributed by atoms with E-state index in [1.165, 1.54) is 18.3 Å². The number of hydrogen-bond donors (Lipinski definition) is 1. The molecule has 0 unspecified atom stereocenters. The number of aliphatic imine (C=N–C) groups is 1. The molecule has 0 amide bonds. The lowest BCUT2D eigenvalue weighted by atomic mass is 10.2. The first-order valence-corrected chi connectivity index (χ1v) is 7.41. The van der Waals surface area contributed by atoms with Crippen LogP contribution in [0.2, 0.25) is 0 Å². The topological polar surface area (TPSA) is 41.8 Å². The summed E-state index contributed by atoms with van der Waals surface area (Å²) < 4.78 is 41.1. The van der Waals surface area contributed by atoms with Gasteiger partial charge in [0.2, 0.25) is 0 Å². The fourth-order valence-electron chi connectivity index (χ4n) is 1.56.